The molecule has 0 saturated carbocycles. The monoisotopic (exact) mass is 335 g/mol. The van der Waals surface area contributed by atoms with E-state index < -0.39 is 5.82 Å². The van der Waals surface area contributed by atoms with Crippen LogP contribution < -0.4 is 5.73 Å². The summed E-state index contributed by atoms with van der Waals surface area (Å²) in [5, 5.41) is 18.1. The summed E-state index contributed by atoms with van der Waals surface area (Å²) in [7, 11) is 0. The van der Waals surface area contributed by atoms with Crippen molar-refractivity contribution in [1.29, 1.82) is 5.41 Å². The van der Waals surface area contributed by atoms with Crippen molar-refractivity contribution in [3.05, 3.63) is 52.8 Å². The summed E-state index contributed by atoms with van der Waals surface area (Å²) in [6, 6.07) is 7.73. The zero-order valence-electron chi connectivity index (χ0n) is 13.6. The van der Waals surface area contributed by atoms with Crippen LogP contribution in [0.15, 0.2) is 30.3 Å². The molecule has 0 unspecified atom stereocenters. The number of pyridine rings is 1. The van der Waals surface area contributed by atoms with E-state index in [9.17, 15) is 9.50 Å². The summed E-state index contributed by atoms with van der Waals surface area (Å²) in [5.41, 5.74) is 11.2. The van der Waals surface area contributed by atoms with Crippen molar-refractivity contribution < 1.29 is 9.50 Å². The molecule has 126 valence electrons. The van der Waals surface area contributed by atoms with Gasteiger partial charge in [-0.15, -0.1) is 0 Å². The number of benzene rings is 2. The molecule has 0 spiro atoms. The summed E-state index contributed by atoms with van der Waals surface area (Å²) >= 11 is 0. The number of phenols is 1. The van der Waals surface area contributed by atoms with Gasteiger partial charge in [-0.1, -0.05) is 0 Å². The number of aromatic hydroxyl groups is 1. The standard InChI is InChI=1S/C20H18FN3O/c21-16-9-11(25)5-6-14(16)20-13-4-2-1-3-12(13)19-15(10-22)17(23)7-8-18(19)24-20/h5-10,22,25H,1-4,23H2. The molecule has 4 rings (SSSR count). The number of aryl methyl sites for hydroxylation is 1. The predicted octanol–water partition coefficient (Wildman–Crippen LogP) is 4.21. The molecule has 25 heavy (non-hydrogen) atoms. The van der Waals surface area contributed by atoms with Crippen LogP contribution >= 0.6 is 0 Å². The average Bonchev–Trinajstić information content (AvgIpc) is 2.61. The van der Waals surface area contributed by atoms with Gasteiger partial charge in [0.15, 0.2) is 0 Å². The highest BCUT2D eigenvalue weighted by Gasteiger charge is 2.23. The third-order valence-electron chi connectivity index (χ3n) is 4.90. The number of rotatable bonds is 2. The van der Waals surface area contributed by atoms with Crippen LogP contribution in [0.2, 0.25) is 0 Å². The molecule has 2 aromatic carbocycles. The predicted molar refractivity (Wildman–Crippen MR) is 97.7 cm³/mol. The summed E-state index contributed by atoms with van der Waals surface area (Å²) < 4.78 is 14.5. The van der Waals surface area contributed by atoms with Gasteiger partial charge in [0.05, 0.1) is 11.2 Å². The smallest absolute Gasteiger partial charge is 0.136 e. The Labute approximate surface area is 144 Å². The Bertz CT molecular complexity index is 1010. The molecule has 0 amide bonds. The lowest BCUT2D eigenvalue weighted by atomic mass is 9.85. The van der Waals surface area contributed by atoms with Crippen molar-refractivity contribution in [2.75, 3.05) is 5.73 Å². The van der Waals surface area contributed by atoms with Crippen LogP contribution in [0.3, 0.4) is 0 Å². The van der Waals surface area contributed by atoms with Crippen molar-refractivity contribution >= 4 is 22.8 Å². The first-order chi connectivity index (χ1) is 12.1. The molecule has 0 radical (unpaired) electrons. The first-order valence-electron chi connectivity index (χ1n) is 8.33. The molecule has 0 saturated heterocycles. The minimum atomic E-state index is -0.484. The first kappa shape index (κ1) is 15.6. The second kappa shape index (κ2) is 5.84. The molecular formula is C20H18FN3O. The highest BCUT2D eigenvalue weighted by Crippen LogP contribution is 2.38. The maximum absolute atomic E-state index is 14.5. The number of hydrogen-bond donors (Lipinski definition) is 3. The van der Waals surface area contributed by atoms with Crippen LogP contribution in [0.5, 0.6) is 5.75 Å². The maximum atomic E-state index is 14.5. The van der Waals surface area contributed by atoms with Gasteiger partial charge in [0, 0.05) is 34.5 Å². The molecule has 1 aromatic heterocycles. The SMILES string of the molecule is N=Cc1c(N)ccc2nc(-c3ccc(O)cc3F)c3c(c12)CCCC3. The number of phenolic OH excluding ortho intramolecular Hbond substituents is 1. The molecule has 3 aromatic rings. The molecule has 5 heteroatoms. The molecule has 0 bridgehead atoms. The van der Waals surface area contributed by atoms with Gasteiger partial charge < -0.3 is 16.2 Å². The van der Waals surface area contributed by atoms with Crippen molar-refractivity contribution in [3.63, 3.8) is 0 Å². The lowest BCUT2D eigenvalue weighted by Crippen LogP contribution is -2.10. The zero-order valence-corrected chi connectivity index (χ0v) is 13.6. The first-order valence-corrected chi connectivity index (χ1v) is 8.33. The molecule has 1 heterocycles. The van der Waals surface area contributed by atoms with Gasteiger partial charge in [-0.25, -0.2) is 9.37 Å². The number of hydrogen-bond acceptors (Lipinski definition) is 4. The van der Waals surface area contributed by atoms with Crippen molar-refractivity contribution in [3.8, 4) is 17.0 Å². The normalized spacial score (nSPS) is 13.6. The third-order valence-corrected chi connectivity index (χ3v) is 4.90. The van der Waals surface area contributed by atoms with E-state index in [1.54, 1.807) is 12.1 Å². The number of nitrogens with zero attached hydrogens (tertiary/aromatic N) is 1. The van der Waals surface area contributed by atoms with Crippen LogP contribution in [-0.4, -0.2) is 16.3 Å². The number of anilines is 1. The molecule has 0 atom stereocenters. The van der Waals surface area contributed by atoms with Gasteiger partial charge >= 0.3 is 0 Å². The second-order valence-corrected chi connectivity index (χ2v) is 6.40. The maximum Gasteiger partial charge on any atom is 0.136 e. The van der Waals surface area contributed by atoms with E-state index in [1.807, 2.05) is 6.07 Å². The fourth-order valence-corrected chi connectivity index (χ4v) is 3.74. The van der Waals surface area contributed by atoms with Crippen LogP contribution in [0.1, 0.15) is 29.5 Å². The number of nitrogens with one attached hydrogen (secondary N) is 1. The average molecular weight is 335 g/mol. The summed E-state index contributed by atoms with van der Waals surface area (Å²) in [6.07, 6.45) is 5.03. The van der Waals surface area contributed by atoms with Crippen LogP contribution in [0.25, 0.3) is 22.2 Å². The Hall–Kier alpha value is -2.95. The second-order valence-electron chi connectivity index (χ2n) is 6.40. The van der Waals surface area contributed by atoms with E-state index >= 15 is 0 Å². The number of nitrogen functional groups attached to an aromatic ring is 1. The van der Waals surface area contributed by atoms with Crippen LogP contribution in [-0.2, 0) is 12.8 Å². The van der Waals surface area contributed by atoms with Gasteiger partial charge in [-0.2, -0.15) is 0 Å². The zero-order chi connectivity index (χ0) is 17.6. The topological polar surface area (TPSA) is 83.0 Å². The fraction of sp³-hybridized carbons (Fsp3) is 0.200. The van der Waals surface area contributed by atoms with E-state index in [4.69, 9.17) is 16.1 Å². The van der Waals surface area contributed by atoms with Crippen molar-refractivity contribution in [2.24, 2.45) is 0 Å². The van der Waals surface area contributed by atoms with E-state index in [0.29, 0.717) is 22.5 Å². The number of halogens is 1. The van der Waals surface area contributed by atoms with Crippen molar-refractivity contribution in [1.82, 2.24) is 4.98 Å². The van der Waals surface area contributed by atoms with Gasteiger partial charge in [0.25, 0.3) is 0 Å². The van der Waals surface area contributed by atoms with E-state index in [-0.39, 0.29) is 5.75 Å². The molecule has 0 fully saturated rings. The Morgan fingerprint density at radius 1 is 1.12 bits per heavy atom. The quantitative estimate of drug-likeness (QED) is 0.485. The van der Waals surface area contributed by atoms with E-state index in [1.165, 1.54) is 12.3 Å². The Morgan fingerprint density at radius 3 is 2.60 bits per heavy atom. The molecule has 1 aliphatic carbocycles. The number of nitrogens with two attached hydrogens (primary N) is 1. The fourth-order valence-electron chi connectivity index (χ4n) is 3.74. The summed E-state index contributed by atoms with van der Waals surface area (Å²) in [4.78, 5) is 4.72. The molecule has 0 aliphatic heterocycles. The Kier molecular flexibility index (Phi) is 3.64. The van der Waals surface area contributed by atoms with Crippen LogP contribution in [0.4, 0.5) is 10.1 Å². The summed E-state index contributed by atoms with van der Waals surface area (Å²) in [6.45, 7) is 0. The van der Waals surface area contributed by atoms with E-state index in [2.05, 4.69) is 0 Å². The third kappa shape index (κ3) is 2.43. The highest BCUT2D eigenvalue weighted by molar-refractivity contribution is 6.05. The Morgan fingerprint density at radius 2 is 1.88 bits per heavy atom. The minimum absolute atomic E-state index is 0.102. The number of fused-ring (bicyclic) bond motifs is 3. The Balaban J connectivity index is 2.10. The van der Waals surface area contributed by atoms with Gasteiger partial charge in [-0.3, -0.25) is 0 Å². The van der Waals surface area contributed by atoms with E-state index in [0.717, 1.165) is 53.8 Å². The highest BCUT2D eigenvalue weighted by atomic mass is 19.1. The largest absolute Gasteiger partial charge is 0.508 e. The van der Waals surface area contributed by atoms with Crippen molar-refractivity contribution in [2.45, 2.75) is 25.7 Å². The lowest BCUT2D eigenvalue weighted by molar-refractivity contribution is 0.469. The lowest BCUT2D eigenvalue weighted by Gasteiger charge is -2.23. The summed E-state index contributed by atoms with van der Waals surface area (Å²) in [5.74, 6) is -0.586. The molecule has 4 nitrogen and oxygen atoms in total. The van der Waals surface area contributed by atoms with Crippen LogP contribution in [0, 0.1) is 11.2 Å². The number of aromatic nitrogens is 1. The van der Waals surface area contributed by atoms with Gasteiger partial charge in [0.2, 0.25) is 0 Å². The molecular weight excluding hydrogens is 317 g/mol. The molecule has 4 N–H and O–H groups in total. The molecule has 1 aliphatic rings. The van der Waals surface area contributed by atoms with Gasteiger partial charge in [-0.05, 0) is 61.1 Å². The van der Waals surface area contributed by atoms with Gasteiger partial charge in [0.1, 0.15) is 11.6 Å². The minimum Gasteiger partial charge on any atom is -0.508 e.